The number of benzene rings is 1. The third kappa shape index (κ3) is 2.56. The molecule has 1 amide bonds. The van der Waals surface area contributed by atoms with Crippen molar-refractivity contribution >= 4 is 11.6 Å². The molecule has 0 spiro atoms. The molecular formula is C15H22N2O. The second kappa shape index (κ2) is 5.11. The first-order valence-electron chi connectivity index (χ1n) is 6.63. The zero-order valence-electron chi connectivity index (χ0n) is 11.4. The number of nitrogens with two attached hydrogens (primary N) is 1. The Balaban J connectivity index is 2.17. The summed E-state index contributed by atoms with van der Waals surface area (Å²) in [6.07, 6.45) is 2.94. The molecule has 1 saturated carbocycles. The van der Waals surface area contributed by atoms with Gasteiger partial charge in [-0.15, -0.1) is 0 Å². The molecule has 0 aliphatic heterocycles. The molecule has 98 valence electrons. The van der Waals surface area contributed by atoms with E-state index in [2.05, 4.69) is 24.4 Å². The maximum Gasteiger partial charge on any atom is 0.229 e. The van der Waals surface area contributed by atoms with Crippen LogP contribution in [0.15, 0.2) is 12.1 Å². The minimum atomic E-state index is -0.0231. The lowest BCUT2D eigenvalue weighted by Gasteiger charge is -2.18. The Morgan fingerprint density at radius 2 is 1.83 bits per heavy atom. The van der Waals surface area contributed by atoms with Crippen molar-refractivity contribution in [2.75, 3.05) is 5.32 Å². The van der Waals surface area contributed by atoms with Crippen molar-refractivity contribution in [2.24, 2.45) is 11.7 Å². The predicted molar refractivity (Wildman–Crippen MR) is 74.6 cm³/mol. The molecular weight excluding hydrogens is 224 g/mol. The molecule has 0 aromatic heterocycles. The highest BCUT2D eigenvalue weighted by Gasteiger charge is 2.30. The monoisotopic (exact) mass is 246 g/mol. The van der Waals surface area contributed by atoms with Crippen LogP contribution < -0.4 is 11.1 Å². The first kappa shape index (κ1) is 13.1. The van der Waals surface area contributed by atoms with Crippen molar-refractivity contribution in [3.05, 3.63) is 28.8 Å². The predicted octanol–water partition coefficient (Wildman–Crippen LogP) is 2.68. The molecule has 3 N–H and O–H groups in total. The summed E-state index contributed by atoms with van der Waals surface area (Å²) >= 11 is 0. The first-order valence-corrected chi connectivity index (χ1v) is 6.63. The van der Waals surface area contributed by atoms with E-state index in [0.717, 1.165) is 36.1 Å². The molecule has 0 bridgehead atoms. The summed E-state index contributed by atoms with van der Waals surface area (Å²) < 4.78 is 0. The topological polar surface area (TPSA) is 55.1 Å². The van der Waals surface area contributed by atoms with Gasteiger partial charge in [0, 0.05) is 11.7 Å². The van der Waals surface area contributed by atoms with Crippen molar-refractivity contribution in [3.8, 4) is 0 Å². The van der Waals surface area contributed by atoms with Gasteiger partial charge in [0.15, 0.2) is 0 Å². The first-order chi connectivity index (χ1) is 8.49. The van der Waals surface area contributed by atoms with Crippen LogP contribution in [0.5, 0.6) is 0 Å². The summed E-state index contributed by atoms with van der Waals surface area (Å²) in [7, 11) is 0. The fourth-order valence-electron chi connectivity index (χ4n) is 2.91. The molecule has 1 aromatic carbocycles. The van der Waals surface area contributed by atoms with Gasteiger partial charge >= 0.3 is 0 Å². The molecule has 1 fully saturated rings. The quantitative estimate of drug-likeness (QED) is 0.843. The van der Waals surface area contributed by atoms with Crippen LogP contribution in [-0.2, 0) is 4.79 Å². The lowest BCUT2D eigenvalue weighted by Crippen LogP contribution is -2.34. The zero-order chi connectivity index (χ0) is 13.3. The van der Waals surface area contributed by atoms with Crippen molar-refractivity contribution < 1.29 is 4.79 Å². The number of anilines is 1. The Bertz CT molecular complexity index is 445. The Morgan fingerprint density at radius 3 is 2.33 bits per heavy atom. The smallest absolute Gasteiger partial charge is 0.229 e. The number of carbonyl (C=O) groups excluding carboxylic acids is 1. The van der Waals surface area contributed by atoms with Crippen LogP contribution in [-0.4, -0.2) is 11.9 Å². The van der Waals surface area contributed by atoms with Gasteiger partial charge in [0.05, 0.1) is 5.92 Å². The molecule has 2 atom stereocenters. The van der Waals surface area contributed by atoms with E-state index in [4.69, 9.17) is 5.73 Å². The van der Waals surface area contributed by atoms with Gasteiger partial charge in [-0.1, -0.05) is 24.1 Å². The molecule has 0 radical (unpaired) electrons. The Morgan fingerprint density at radius 1 is 1.22 bits per heavy atom. The molecule has 0 heterocycles. The Hall–Kier alpha value is -1.35. The van der Waals surface area contributed by atoms with Gasteiger partial charge in [-0.2, -0.15) is 0 Å². The summed E-state index contributed by atoms with van der Waals surface area (Å²) in [5.41, 5.74) is 10.4. The average Bonchev–Trinajstić information content (AvgIpc) is 2.69. The molecule has 2 rings (SSSR count). The maximum absolute atomic E-state index is 12.2. The van der Waals surface area contributed by atoms with Gasteiger partial charge in [0.1, 0.15) is 0 Å². The number of rotatable bonds is 2. The van der Waals surface area contributed by atoms with Crippen molar-refractivity contribution in [3.63, 3.8) is 0 Å². The van der Waals surface area contributed by atoms with E-state index < -0.39 is 0 Å². The number of hydrogen-bond acceptors (Lipinski definition) is 2. The average molecular weight is 246 g/mol. The minimum Gasteiger partial charge on any atom is -0.327 e. The second-order valence-electron chi connectivity index (χ2n) is 5.46. The van der Waals surface area contributed by atoms with Gasteiger partial charge < -0.3 is 11.1 Å². The normalized spacial score (nSPS) is 23.1. The number of amides is 1. The van der Waals surface area contributed by atoms with E-state index in [1.165, 1.54) is 5.56 Å². The van der Waals surface area contributed by atoms with E-state index in [1.54, 1.807) is 0 Å². The van der Waals surface area contributed by atoms with Gasteiger partial charge in [-0.3, -0.25) is 4.79 Å². The summed E-state index contributed by atoms with van der Waals surface area (Å²) in [5, 5.41) is 3.06. The number of hydrogen-bond donors (Lipinski definition) is 2. The maximum atomic E-state index is 12.2. The SMILES string of the molecule is Cc1cc(C)c(NC(=O)C2CCCC2N)c(C)c1. The third-order valence-corrected chi connectivity index (χ3v) is 3.83. The lowest BCUT2D eigenvalue weighted by molar-refractivity contribution is -0.120. The van der Waals surface area contributed by atoms with E-state index in [-0.39, 0.29) is 17.9 Å². The molecule has 1 aliphatic carbocycles. The van der Waals surface area contributed by atoms with Gasteiger partial charge in [-0.05, 0) is 44.7 Å². The summed E-state index contributed by atoms with van der Waals surface area (Å²) in [6, 6.07) is 4.21. The Kier molecular flexibility index (Phi) is 3.71. The summed E-state index contributed by atoms with van der Waals surface area (Å²) in [4.78, 5) is 12.2. The van der Waals surface area contributed by atoms with Crippen LogP contribution in [0.1, 0.15) is 36.0 Å². The van der Waals surface area contributed by atoms with Gasteiger partial charge in [0.2, 0.25) is 5.91 Å². The van der Waals surface area contributed by atoms with Crippen LogP contribution in [0.25, 0.3) is 0 Å². The van der Waals surface area contributed by atoms with Crippen molar-refractivity contribution in [2.45, 2.75) is 46.1 Å². The van der Waals surface area contributed by atoms with E-state index >= 15 is 0 Å². The molecule has 1 aromatic rings. The highest BCUT2D eigenvalue weighted by atomic mass is 16.1. The largest absolute Gasteiger partial charge is 0.327 e. The highest BCUT2D eigenvalue weighted by molar-refractivity contribution is 5.94. The number of carbonyl (C=O) groups is 1. The molecule has 3 nitrogen and oxygen atoms in total. The number of nitrogens with one attached hydrogen (secondary N) is 1. The van der Waals surface area contributed by atoms with Crippen LogP contribution in [0, 0.1) is 26.7 Å². The van der Waals surface area contributed by atoms with Crippen LogP contribution in [0.3, 0.4) is 0 Å². The van der Waals surface area contributed by atoms with E-state index in [9.17, 15) is 4.79 Å². The lowest BCUT2D eigenvalue weighted by atomic mass is 10.0. The minimum absolute atomic E-state index is 0.0231. The Labute approximate surface area is 109 Å². The molecule has 1 aliphatic rings. The fraction of sp³-hybridized carbons (Fsp3) is 0.533. The van der Waals surface area contributed by atoms with Crippen LogP contribution >= 0.6 is 0 Å². The van der Waals surface area contributed by atoms with Gasteiger partial charge in [0.25, 0.3) is 0 Å². The zero-order valence-corrected chi connectivity index (χ0v) is 11.4. The standard InChI is InChI=1S/C15H22N2O/c1-9-7-10(2)14(11(3)8-9)17-15(18)12-5-4-6-13(12)16/h7-8,12-13H,4-6,16H2,1-3H3,(H,17,18). The molecule has 2 unspecified atom stereocenters. The van der Waals surface area contributed by atoms with E-state index in [1.807, 2.05) is 13.8 Å². The van der Waals surface area contributed by atoms with Gasteiger partial charge in [-0.25, -0.2) is 0 Å². The second-order valence-corrected chi connectivity index (χ2v) is 5.46. The van der Waals surface area contributed by atoms with Crippen molar-refractivity contribution in [1.82, 2.24) is 0 Å². The van der Waals surface area contributed by atoms with Crippen molar-refractivity contribution in [1.29, 1.82) is 0 Å². The fourth-order valence-corrected chi connectivity index (χ4v) is 2.91. The van der Waals surface area contributed by atoms with E-state index in [0.29, 0.717) is 0 Å². The molecule has 18 heavy (non-hydrogen) atoms. The summed E-state index contributed by atoms with van der Waals surface area (Å²) in [5.74, 6) is 0.0557. The highest BCUT2D eigenvalue weighted by Crippen LogP contribution is 2.27. The summed E-state index contributed by atoms with van der Waals surface area (Å²) in [6.45, 7) is 6.13. The third-order valence-electron chi connectivity index (χ3n) is 3.83. The number of aryl methyl sites for hydroxylation is 3. The van der Waals surface area contributed by atoms with Crippen LogP contribution in [0.2, 0.25) is 0 Å². The molecule has 0 saturated heterocycles. The van der Waals surface area contributed by atoms with Crippen LogP contribution in [0.4, 0.5) is 5.69 Å². The molecule has 3 heteroatoms.